The Morgan fingerprint density at radius 2 is 2.13 bits per heavy atom. The molecule has 1 aromatic rings. The molecule has 2 rings (SSSR count). The number of aliphatic hydroxyl groups excluding tert-OH is 1. The summed E-state index contributed by atoms with van der Waals surface area (Å²) in [5, 5.41) is 12.9. The van der Waals surface area contributed by atoms with Gasteiger partial charge in [0.15, 0.2) is 0 Å². The normalized spacial score (nSPS) is 26.5. The molecule has 2 N–H and O–H groups in total. The molecule has 1 saturated heterocycles. The second-order valence-electron chi connectivity index (χ2n) is 3.90. The fraction of sp³-hybridized carbons (Fsp3) is 0.500. The van der Waals surface area contributed by atoms with Crippen LogP contribution in [0.4, 0.5) is 0 Å². The van der Waals surface area contributed by atoms with Gasteiger partial charge in [0.05, 0.1) is 18.8 Å². The molecule has 0 spiro atoms. The van der Waals surface area contributed by atoms with Crippen LogP contribution in [0.2, 0.25) is 0 Å². The van der Waals surface area contributed by atoms with Gasteiger partial charge < -0.3 is 15.2 Å². The van der Waals surface area contributed by atoms with Crippen molar-refractivity contribution < 1.29 is 9.84 Å². The van der Waals surface area contributed by atoms with Crippen molar-refractivity contribution >= 4 is 0 Å². The second-order valence-corrected chi connectivity index (χ2v) is 3.90. The molecule has 1 aliphatic heterocycles. The number of benzene rings is 1. The number of rotatable bonds is 3. The molecule has 0 amide bonds. The first-order valence-electron chi connectivity index (χ1n) is 5.40. The summed E-state index contributed by atoms with van der Waals surface area (Å²) in [4.78, 5) is 0. The van der Waals surface area contributed by atoms with Crippen LogP contribution < -0.4 is 5.32 Å². The zero-order valence-electron chi connectivity index (χ0n) is 8.73. The molecule has 0 radical (unpaired) electrons. The molecule has 0 saturated carbocycles. The minimum atomic E-state index is -0.324. The van der Waals surface area contributed by atoms with Gasteiger partial charge in [-0.15, -0.1) is 0 Å². The maximum atomic E-state index is 9.68. The van der Waals surface area contributed by atoms with Crippen LogP contribution in [0.1, 0.15) is 12.0 Å². The van der Waals surface area contributed by atoms with E-state index in [9.17, 15) is 5.11 Å². The lowest BCUT2D eigenvalue weighted by Gasteiger charge is -2.28. The van der Waals surface area contributed by atoms with Gasteiger partial charge in [-0.25, -0.2) is 0 Å². The predicted molar refractivity (Wildman–Crippen MR) is 58.5 cm³/mol. The van der Waals surface area contributed by atoms with Gasteiger partial charge >= 0.3 is 0 Å². The van der Waals surface area contributed by atoms with Gasteiger partial charge in [-0.2, -0.15) is 0 Å². The summed E-state index contributed by atoms with van der Waals surface area (Å²) in [6.45, 7) is 2.20. The lowest BCUT2D eigenvalue weighted by atomic mass is 10.1. The van der Waals surface area contributed by atoms with Gasteiger partial charge in [0.1, 0.15) is 0 Å². The third-order valence-corrected chi connectivity index (χ3v) is 2.70. The molecule has 2 atom stereocenters. The van der Waals surface area contributed by atoms with Crippen LogP contribution in [0, 0.1) is 0 Å². The highest BCUT2D eigenvalue weighted by molar-refractivity contribution is 5.13. The monoisotopic (exact) mass is 207 g/mol. The van der Waals surface area contributed by atoms with Gasteiger partial charge in [-0.1, -0.05) is 30.3 Å². The van der Waals surface area contributed by atoms with Crippen LogP contribution in [0.25, 0.3) is 0 Å². The fourth-order valence-corrected chi connectivity index (χ4v) is 1.76. The first kappa shape index (κ1) is 10.6. The van der Waals surface area contributed by atoms with Crippen LogP contribution in [0.5, 0.6) is 0 Å². The average Bonchev–Trinajstić information content (AvgIpc) is 2.29. The zero-order valence-corrected chi connectivity index (χ0v) is 8.73. The molecule has 1 aliphatic rings. The van der Waals surface area contributed by atoms with Crippen molar-refractivity contribution in [1.82, 2.24) is 5.32 Å². The van der Waals surface area contributed by atoms with Crippen molar-refractivity contribution in [1.29, 1.82) is 0 Å². The maximum Gasteiger partial charge on any atom is 0.0962 e. The van der Waals surface area contributed by atoms with E-state index in [1.807, 2.05) is 30.3 Å². The molecule has 2 unspecified atom stereocenters. The first-order chi connectivity index (χ1) is 7.36. The Hall–Kier alpha value is -0.900. The van der Waals surface area contributed by atoms with E-state index in [-0.39, 0.29) is 12.2 Å². The molecule has 1 aromatic carbocycles. The number of nitrogens with one attached hydrogen (secondary N) is 1. The predicted octanol–water partition coefficient (Wildman–Crippen LogP) is 0.926. The maximum absolute atomic E-state index is 9.68. The zero-order chi connectivity index (χ0) is 10.5. The van der Waals surface area contributed by atoms with Crippen LogP contribution in [0.3, 0.4) is 0 Å². The van der Waals surface area contributed by atoms with E-state index in [4.69, 9.17) is 4.74 Å². The minimum absolute atomic E-state index is 0.0704. The Bertz CT molecular complexity index is 289. The lowest BCUT2D eigenvalue weighted by molar-refractivity contribution is -0.0582. The van der Waals surface area contributed by atoms with Crippen LogP contribution >= 0.6 is 0 Å². The molecule has 3 heteroatoms. The van der Waals surface area contributed by atoms with E-state index in [0.717, 1.165) is 25.1 Å². The number of hydrogen-bond acceptors (Lipinski definition) is 3. The van der Waals surface area contributed by atoms with Crippen molar-refractivity contribution in [2.45, 2.75) is 25.2 Å². The number of aliphatic hydroxyl groups is 1. The summed E-state index contributed by atoms with van der Waals surface area (Å²) in [5.41, 5.74) is 1.15. The van der Waals surface area contributed by atoms with E-state index in [0.29, 0.717) is 6.61 Å². The Labute approximate surface area is 90.1 Å². The van der Waals surface area contributed by atoms with E-state index in [2.05, 4.69) is 5.32 Å². The highest BCUT2D eigenvalue weighted by atomic mass is 16.5. The molecule has 1 fully saturated rings. The molecular formula is C12H17NO2. The van der Waals surface area contributed by atoms with Crippen LogP contribution in [0.15, 0.2) is 30.3 Å². The van der Waals surface area contributed by atoms with Crippen molar-refractivity contribution in [3.63, 3.8) is 0 Å². The van der Waals surface area contributed by atoms with E-state index >= 15 is 0 Å². The summed E-state index contributed by atoms with van der Waals surface area (Å²) < 4.78 is 5.67. The molecular weight excluding hydrogens is 190 g/mol. The SMILES string of the molecule is OC1CCNCC1OCc1ccccc1. The van der Waals surface area contributed by atoms with E-state index < -0.39 is 0 Å². The molecule has 0 aromatic heterocycles. The van der Waals surface area contributed by atoms with E-state index in [1.165, 1.54) is 0 Å². The van der Waals surface area contributed by atoms with Crippen molar-refractivity contribution in [3.05, 3.63) is 35.9 Å². The third kappa shape index (κ3) is 3.02. The van der Waals surface area contributed by atoms with Crippen LogP contribution in [-0.4, -0.2) is 30.4 Å². The summed E-state index contributed by atoms with van der Waals surface area (Å²) in [6, 6.07) is 10.0. The molecule has 0 bridgehead atoms. The average molecular weight is 207 g/mol. The van der Waals surface area contributed by atoms with Gasteiger partial charge in [-0.3, -0.25) is 0 Å². The van der Waals surface area contributed by atoms with Crippen molar-refractivity contribution in [2.75, 3.05) is 13.1 Å². The Morgan fingerprint density at radius 3 is 2.87 bits per heavy atom. The highest BCUT2D eigenvalue weighted by Gasteiger charge is 2.22. The second kappa shape index (κ2) is 5.26. The summed E-state index contributed by atoms with van der Waals surface area (Å²) in [5.74, 6) is 0. The molecule has 15 heavy (non-hydrogen) atoms. The highest BCUT2D eigenvalue weighted by Crippen LogP contribution is 2.10. The first-order valence-corrected chi connectivity index (χ1v) is 5.40. The summed E-state index contributed by atoms with van der Waals surface area (Å²) >= 11 is 0. The van der Waals surface area contributed by atoms with Gasteiger partial charge in [-0.05, 0) is 18.5 Å². The number of piperidine rings is 1. The summed E-state index contributed by atoms with van der Waals surface area (Å²) in [6.07, 6.45) is 0.383. The molecule has 1 heterocycles. The quantitative estimate of drug-likeness (QED) is 0.774. The molecule has 3 nitrogen and oxygen atoms in total. The number of hydrogen-bond donors (Lipinski definition) is 2. The smallest absolute Gasteiger partial charge is 0.0962 e. The largest absolute Gasteiger partial charge is 0.390 e. The Morgan fingerprint density at radius 1 is 1.33 bits per heavy atom. The Kier molecular flexibility index (Phi) is 3.72. The van der Waals surface area contributed by atoms with Gasteiger partial charge in [0.25, 0.3) is 0 Å². The minimum Gasteiger partial charge on any atom is -0.390 e. The summed E-state index contributed by atoms with van der Waals surface area (Å²) in [7, 11) is 0. The van der Waals surface area contributed by atoms with Crippen LogP contribution in [-0.2, 0) is 11.3 Å². The van der Waals surface area contributed by atoms with E-state index in [1.54, 1.807) is 0 Å². The standard InChI is InChI=1S/C12H17NO2/c14-11-6-7-13-8-12(11)15-9-10-4-2-1-3-5-10/h1-5,11-14H,6-9H2. The van der Waals surface area contributed by atoms with Gasteiger partial charge in [0, 0.05) is 6.54 Å². The van der Waals surface area contributed by atoms with Crippen molar-refractivity contribution in [3.8, 4) is 0 Å². The third-order valence-electron chi connectivity index (χ3n) is 2.70. The molecule has 82 valence electrons. The number of ether oxygens (including phenoxy) is 1. The fourth-order valence-electron chi connectivity index (χ4n) is 1.76. The Balaban J connectivity index is 1.82. The lowest BCUT2D eigenvalue weighted by Crippen LogP contribution is -2.45. The molecule has 0 aliphatic carbocycles. The topological polar surface area (TPSA) is 41.5 Å². The van der Waals surface area contributed by atoms with Crippen molar-refractivity contribution in [2.24, 2.45) is 0 Å². The van der Waals surface area contributed by atoms with Gasteiger partial charge in [0.2, 0.25) is 0 Å².